The zero-order valence-corrected chi connectivity index (χ0v) is 11.7. The Hall–Kier alpha value is -2.89. The van der Waals surface area contributed by atoms with Gasteiger partial charge in [-0.1, -0.05) is 0 Å². The molecule has 1 amide bonds. The van der Waals surface area contributed by atoms with Gasteiger partial charge in [0.15, 0.2) is 0 Å². The molecule has 6 heteroatoms. The van der Waals surface area contributed by atoms with Crippen LogP contribution in [0.1, 0.15) is 15.9 Å². The lowest BCUT2D eigenvalue weighted by molar-refractivity contribution is 0.0954. The van der Waals surface area contributed by atoms with Gasteiger partial charge in [-0.05, 0) is 29.8 Å². The molecule has 0 radical (unpaired) electrons. The number of nitrogens with zero attached hydrogens (tertiary/aromatic N) is 2. The van der Waals surface area contributed by atoms with Crippen LogP contribution in [0.25, 0.3) is 0 Å². The summed E-state index contributed by atoms with van der Waals surface area (Å²) in [5.41, 5.74) is 3.69. The van der Waals surface area contributed by atoms with Crippen molar-refractivity contribution in [2.45, 2.75) is 0 Å². The Kier molecular flexibility index (Phi) is 4.87. The Balaban J connectivity index is 2.08. The first-order valence-corrected chi connectivity index (χ1v) is 6.19. The van der Waals surface area contributed by atoms with Crippen LogP contribution in [-0.2, 0) is 0 Å². The molecule has 1 aromatic heterocycles. The van der Waals surface area contributed by atoms with E-state index in [-0.39, 0.29) is 5.91 Å². The highest BCUT2D eigenvalue weighted by molar-refractivity contribution is 5.95. The monoisotopic (exact) mass is 285 g/mol. The summed E-state index contributed by atoms with van der Waals surface area (Å²) in [5, 5.41) is 3.89. The van der Waals surface area contributed by atoms with Gasteiger partial charge in [0.1, 0.15) is 11.5 Å². The summed E-state index contributed by atoms with van der Waals surface area (Å²) < 4.78 is 10.2. The molecule has 1 N–H and O–H groups in total. The van der Waals surface area contributed by atoms with Gasteiger partial charge in [-0.2, -0.15) is 5.10 Å². The number of carbonyl (C=O) groups is 1. The van der Waals surface area contributed by atoms with E-state index in [1.54, 1.807) is 42.7 Å². The van der Waals surface area contributed by atoms with Crippen LogP contribution < -0.4 is 14.9 Å². The molecule has 0 aliphatic heterocycles. The molecule has 0 unspecified atom stereocenters. The fraction of sp³-hybridized carbons (Fsp3) is 0.133. The number of hydrazone groups is 1. The molecule has 21 heavy (non-hydrogen) atoms. The Morgan fingerprint density at radius 1 is 1.14 bits per heavy atom. The van der Waals surface area contributed by atoms with Crippen molar-refractivity contribution in [3.05, 3.63) is 53.9 Å². The largest absolute Gasteiger partial charge is 0.497 e. The van der Waals surface area contributed by atoms with Gasteiger partial charge in [-0.25, -0.2) is 5.43 Å². The van der Waals surface area contributed by atoms with Crippen LogP contribution in [0, 0.1) is 0 Å². The van der Waals surface area contributed by atoms with Crippen LogP contribution in [0.2, 0.25) is 0 Å². The van der Waals surface area contributed by atoms with E-state index in [2.05, 4.69) is 15.5 Å². The van der Waals surface area contributed by atoms with Gasteiger partial charge in [-0.3, -0.25) is 9.78 Å². The van der Waals surface area contributed by atoms with Gasteiger partial charge in [0.2, 0.25) is 0 Å². The lowest BCUT2D eigenvalue weighted by atomic mass is 10.2. The SMILES string of the molecule is COc1cc(OC)cc(C(=O)N/N=C\c2ccncc2)c1. The second-order valence-corrected chi connectivity index (χ2v) is 4.08. The average Bonchev–Trinajstić information content (AvgIpc) is 2.55. The maximum atomic E-state index is 12.0. The molecule has 0 aliphatic carbocycles. The number of benzene rings is 1. The predicted molar refractivity (Wildman–Crippen MR) is 78.8 cm³/mol. The highest BCUT2D eigenvalue weighted by Gasteiger charge is 2.08. The highest BCUT2D eigenvalue weighted by Crippen LogP contribution is 2.22. The Morgan fingerprint density at radius 3 is 2.33 bits per heavy atom. The smallest absolute Gasteiger partial charge is 0.271 e. The molecule has 0 spiro atoms. The van der Waals surface area contributed by atoms with Crippen molar-refractivity contribution >= 4 is 12.1 Å². The summed E-state index contributed by atoms with van der Waals surface area (Å²) in [4.78, 5) is 15.9. The van der Waals surface area contributed by atoms with Crippen molar-refractivity contribution < 1.29 is 14.3 Å². The Bertz CT molecular complexity index is 620. The lowest BCUT2D eigenvalue weighted by Crippen LogP contribution is -2.17. The number of hydrogen-bond acceptors (Lipinski definition) is 5. The quantitative estimate of drug-likeness (QED) is 0.672. The molecular formula is C15H15N3O3. The Morgan fingerprint density at radius 2 is 1.76 bits per heavy atom. The van der Waals surface area contributed by atoms with Crippen LogP contribution in [0.4, 0.5) is 0 Å². The zero-order chi connectivity index (χ0) is 15.1. The third-order valence-corrected chi connectivity index (χ3v) is 2.70. The molecule has 1 aromatic carbocycles. The van der Waals surface area contributed by atoms with E-state index < -0.39 is 0 Å². The summed E-state index contributed by atoms with van der Waals surface area (Å²) in [6.07, 6.45) is 4.84. The number of hydrogen-bond donors (Lipinski definition) is 1. The predicted octanol–water partition coefficient (Wildman–Crippen LogP) is 1.86. The molecule has 0 saturated heterocycles. The molecule has 6 nitrogen and oxygen atoms in total. The minimum Gasteiger partial charge on any atom is -0.497 e. The second-order valence-electron chi connectivity index (χ2n) is 4.08. The first-order chi connectivity index (χ1) is 10.2. The standard InChI is InChI=1S/C15H15N3O3/c1-20-13-7-12(8-14(9-13)21-2)15(19)18-17-10-11-3-5-16-6-4-11/h3-10H,1-2H3,(H,18,19)/b17-10-. The van der Waals surface area contributed by atoms with Crippen LogP contribution in [0.5, 0.6) is 11.5 Å². The van der Waals surface area contributed by atoms with Crippen LogP contribution in [0.3, 0.4) is 0 Å². The van der Waals surface area contributed by atoms with Crippen LogP contribution in [0.15, 0.2) is 47.8 Å². The number of pyridine rings is 1. The molecule has 0 fully saturated rings. The molecule has 1 heterocycles. The number of rotatable bonds is 5. The van der Waals surface area contributed by atoms with E-state index in [1.165, 1.54) is 20.4 Å². The van der Waals surface area contributed by atoms with Gasteiger partial charge in [0, 0.05) is 24.0 Å². The first-order valence-electron chi connectivity index (χ1n) is 6.19. The maximum absolute atomic E-state index is 12.0. The number of methoxy groups -OCH3 is 2. The van der Waals surface area contributed by atoms with E-state index in [0.717, 1.165) is 5.56 Å². The van der Waals surface area contributed by atoms with Crippen molar-refractivity contribution in [1.29, 1.82) is 0 Å². The maximum Gasteiger partial charge on any atom is 0.271 e. The van der Waals surface area contributed by atoms with Gasteiger partial charge >= 0.3 is 0 Å². The van der Waals surface area contributed by atoms with E-state index >= 15 is 0 Å². The van der Waals surface area contributed by atoms with Crippen LogP contribution in [-0.4, -0.2) is 31.3 Å². The molecule has 0 saturated carbocycles. The van der Waals surface area contributed by atoms with Crippen molar-refractivity contribution in [2.75, 3.05) is 14.2 Å². The number of ether oxygens (including phenoxy) is 2. The third kappa shape index (κ3) is 4.04. The topological polar surface area (TPSA) is 72.8 Å². The number of aromatic nitrogens is 1. The van der Waals surface area contributed by atoms with E-state index in [4.69, 9.17) is 9.47 Å². The summed E-state index contributed by atoms with van der Waals surface area (Å²) in [5.74, 6) is 0.729. The minimum absolute atomic E-state index is 0.350. The first kappa shape index (κ1) is 14.5. The molecule has 0 atom stereocenters. The fourth-order valence-corrected chi connectivity index (χ4v) is 1.62. The van der Waals surface area contributed by atoms with E-state index in [9.17, 15) is 4.79 Å². The number of amides is 1. The van der Waals surface area contributed by atoms with Gasteiger partial charge in [-0.15, -0.1) is 0 Å². The van der Waals surface area contributed by atoms with Gasteiger partial charge in [0.05, 0.1) is 20.4 Å². The van der Waals surface area contributed by atoms with E-state index in [0.29, 0.717) is 17.1 Å². The fourth-order valence-electron chi connectivity index (χ4n) is 1.62. The Labute approximate surface area is 122 Å². The van der Waals surface area contributed by atoms with Crippen molar-refractivity contribution in [3.63, 3.8) is 0 Å². The van der Waals surface area contributed by atoms with Gasteiger partial charge < -0.3 is 9.47 Å². The van der Waals surface area contributed by atoms with Crippen LogP contribution >= 0.6 is 0 Å². The summed E-state index contributed by atoms with van der Waals surface area (Å²) in [7, 11) is 3.05. The molecular weight excluding hydrogens is 270 g/mol. The molecule has 0 aliphatic rings. The normalized spacial score (nSPS) is 10.4. The molecule has 2 rings (SSSR count). The van der Waals surface area contributed by atoms with Crippen molar-refractivity contribution in [3.8, 4) is 11.5 Å². The van der Waals surface area contributed by atoms with Gasteiger partial charge in [0.25, 0.3) is 5.91 Å². The number of carbonyl (C=O) groups excluding carboxylic acids is 1. The molecule has 0 bridgehead atoms. The second kappa shape index (κ2) is 7.04. The highest BCUT2D eigenvalue weighted by atomic mass is 16.5. The molecule has 108 valence electrons. The average molecular weight is 285 g/mol. The summed E-state index contributed by atoms with van der Waals surface area (Å²) >= 11 is 0. The lowest BCUT2D eigenvalue weighted by Gasteiger charge is -2.07. The third-order valence-electron chi connectivity index (χ3n) is 2.70. The number of nitrogens with one attached hydrogen (secondary N) is 1. The van der Waals surface area contributed by atoms with E-state index in [1.807, 2.05) is 0 Å². The summed E-state index contributed by atoms with van der Waals surface area (Å²) in [6, 6.07) is 8.48. The van der Waals surface area contributed by atoms with Crippen molar-refractivity contribution in [2.24, 2.45) is 5.10 Å². The molecule has 2 aromatic rings. The zero-order valence-electron chi connectivity index (χ0n) is 11.7. The van der Waals surface area contributed by atoms with Crippen molar-refractivity contribution in [1.82, 2.24) is 10.4 Å². The summed E-state index contributed by atoms with van der Waals surface area (Å²) in [6.45, 7) is 0. The minimum atomic E-state index is -0.350.